The van der Waals surface area contributed by atoms with Gasteiger partial charge in [0.2, 0.25) is 0 Å². The van der Waals surface area contributed by atoms with Crippen LogP contribution in [-0.4, -0.2) is 24.7 Å². The molecule has 8 nitrogen and oxygen atoms in total. The molecule has 0 atom stereocenters. The summed E-state index contributed by atoms with van der Waals surface area (Å²) in [6.07, 6.45) is 0. The van der Waals surface area contributed by atoms with Crippen LogP contribution in [0.4, 0.5) is 0 Å². The minimum atomic E-state index is -1.50. The second kappa shape index (κ2) is 8.10. The molecule has 3 aromatic rings. The van der Waals surface area contributed by atoms with Crippen molar-refractivity contribution in [2.45, 2.75) is 26.9 Å². The molecular weight excluding hydrogens is 426 g/mol. The molecule has 0 aliphatic carbocycles. The standard InChI is InChI=1S/C15H14Cl2N4O4S.Na/c1-4-20-13-9(12(22)19(3)15(20)25)8(14(23)24)7(26-13)5-21-6(2)18-10(16)11(21)17;/h4-5H2,1-3H3,(H,23,24);/q;+1/p-1. The monoisotopic (exact) mass is 438 g/mol. The average molecular weight is 439 g/mol. The minimum Gasteiger partial charge on any atom is -0.545 e. The molecule has 3 heterocycles. The van der Waals surface area contributed by atoms with Crippen LogP contribution in [0.2, 0.25) is 10.3 Å². The quantitative estimate of drug-likeness (QED) is 0.438. The van der Waals surface area contributed by atoms with Gasteiger partial charge in [-0.1, -0.05) is 23.2 Å². The van der Waals surface area contributed by atoms with Crippen LogP contribution in [0.3, 0.4) is 0 Å². The van der Waals surface area contributed by atoms with E-state index in [4.69, 9.17) is 23.2 Å². The fraction of sp³-hybridized carbons (Fsp3) is 0.333. The summed E-state index contributed by atoms with van der Waals surface area (Å²) in [5.74, 6) is -1.01. The van der Waals surface area contributed by atoms with Crippen LogP contribution in [0.1, 0.15) is 28.0 Å². The molecule has 0 aliphatic rings. The zero-order valence-corrected chi connectivity index (χ0v) is 19.3. The van der Waals surface area contributed by atoms with Crippen molar-refractivity contribution in [2.24, 2.45) is 7.05 Å². The number of aryl methyl sites for hydroxylation is 2. The van der Waals surface area contributed by atoms with E-state index in [0.29, 0.717) is 10.7 Å². The molecule has 3 rings (SSSR count). The number of hydrogen-bond acceptors (Lipinski definition) is 6. The van der Waals surface area contributed by atoms with E-state index in [-0.39, 0.29) is 68.7 Å². The van der Waals surface area contributed by atoms with Crippen LogP contribution in [0.25, 0.3) is 10.2 Å². The van der Waals surface area contributed by atoms with Crippen molar-refractivity contribution in [2.75, 3.05) is 0 Å². The average Bonchev–Trinajstić information content (AvgIpc) is 3.06. The normalized spacial score (nSPS) is 11.0. The number of carboxylic acid groups (broad SMARTS) is 1. The van der Waals surface area contributed by atoms with Crippen molar-refractivity contribution >= 4 is 50.7 Å². The third-order valence-electron chi connectivity index (χ3n) is 4.12. The molecule has 0 amide bonds. The molecule has 0 spiro atoms. The molecule has 0 unspecified atom stereocenters. The van der Waals surface area contributed by atoms with E-state index in [1.807, 2.05) is 0 Å². The molecular formula is C15H13Cl2N4NaO4S. The van der Waals surface area contributed by atoms with E-state index in [2.05, 4.69) is 4.98 Å². The van der Waals surface area contributed by atoms with Gasteiger partial charge in [0.15, 0.2) is 5.15 Å². The molecule has 0 saturated heterocycles. The molecule has 0 fully saturated rings. The van der Waals surface area contributed by atoms with Gasteiger partial charge < -0.3 is 14.5 Å². The molecule has 0 N–H and O–H groups in total. The summed E-state index contributed by atoms with van der Waals surface area (Å²) >= 11 is 13.1. The number of thiophene rings is 1. The maximum Gasteiger partial charge on any atom is 1.00 e. The smallest absolute Gasteiger partial charge is 0.545 e. The third kappa shape index (κ3) is 3.52. The topological polar surface area (TPSA) is 102 Å². The zero-order chi connectivity index (χ0) is 19.3. The Bertz CT molecular complexity index is 1180. The van der Waals surface area contributed by atoms with Crippen molar-refractivity contribution in [3.63, 3.8) is 0 Å². The largest absolute Gasteiger partial charge is 1.00 e. The fourth-order valence-corrected chi connectivity index (χ4v) is 4.58. The Morgan fingerprint density at radius 1 is 1.26 bits per heavy atom. The number of carboxylic acids is 1. The van der Waals surface area contributed by atoms with Gasteiger partial charge >= 0.3 is 35.2 Å². The number of imidazole rings is 1. The van der Waals surface area contributed by atoms with E-state index in [1.54, 1.807) is 13.8 Å². The summed E-state index contributed by atoms with van der Waals surface area (Å²) in [6.45, 7) is 3.73. The van der Waals surface area contributed by atoms with Gasteiger partial charge in [-0.05, 0) is 13.8 Å². The van der Waals surface area contributed by atoms with Gasteiger partial charge in [-0.3, -0.25) is 13.9 Å². The van der Waals surface area contributed by atoms with Crippen molar-refractivity contribution in [3.8, 4) is 0 Å². The molecule has 0 saturated carbocycles. The number of aromatic nitrogens is 4. The first-order chi connectivity index (χ1) is 12.2. The van der Waals surface area contributed by atoms with Crippen molar-refractivity contribution < 1.29 is 39.5 Å². The van der Waals surface area contributed by atoms with Crippen LogP contribution >= 0.6 is 34.5 Å². The van der Waals surface area contributed by atoms with Crippen LogP contribution in [0, 0.1) is 6.92 Å². The number of carbonyl (C=O) groups is 1. The minimum absolute atomic E-state index is 0. The van der Waals surface area contributed by atoms with Gasteiger partial charge in [-0.25, -0.2) is 9.78 Å². The first kappa shape index (κ1) is 22.2. The number of rotatable bonds is 4. The molecule has 0 aromatic carbocycles. The van der Waals surface area contributed by atoms with E-state index in [9.17, 15) is 19.5 Å². The molecule has 27 heavy (non-hydrogen) atoms. The Morgan fingerprint density at radius 2 is 1.89 bits per heavy atom. The summed E-state index contributed by atoms with van der Waals surface area (Å²) in [6, 6.07) is 0. The maximum absolute atomic E-state index is 12.5. The van der Waals surface area contributed by atoms with Gasteiger partial charge in [-0.2, -0.15) is 0 Å². The van der Waals surface area contributed by atoms with Crippen molar-refractivity contribution in [1.29, 1.82) is 0 Å². The number of nitrogens with zero attached hydrogens (tertiary/aromatic N) is 4. The maximum atomic E-state index is 12.5. The van der Waals surface area contributed by atoms with Gasteiger partial charge in [0.05, 0.1) is 17.9 Å². The van der Waals surface area contributed by atoms with Crippen LogP contribution < -0.4 is 45.9 Å². The molecule has 138 valence electrons. The zero-order valence-electron chi connectivity index (χ0n) is 15.0. The van der Waals surface area contributed by atoms with Crippen molar-refractivity contribution in [1.82, 2.24) is 18.7 Å². The summed E-state index contributed by atoms with van der Waals surface area (Å²) in [4.78, 5) is 41.3. The Balaban J connectivity index is 0.00000261. The Labute approximate surface area is 189 Å². The summed E-state index contributed by atoms with van der Waals surface area (Å²) in [7, 11) is 1.31. The second-order valence-electron chi connectivity index (χ2n) is 5.59. The molecule has 12 heteroatoms. The van der Waals surface area contributed by atoms with E-state index >= 15 is 0 Å². The van der Waals surface area contributed by atoms with Gasteiger partial charge in [0, 0.05) is 24.0 Å². The molecule has 0 aliphatic heterocycles. The predicted octanol–water partition coefficient (Wildman–Crippen LogP) is -1.99. The summed E-state index contributed by atoms with van der Waals surface area (Å²) in [5.41, 5.74) is -1.43. The Kier molecular flexibility index (Phi) is 6.66. The second-order valence-corrected chi connectivity index (χ2v) is 7.39. The number of hydrogen-bond donors (Lipinski definition) is 0. The molecule has 3 aromatic heterocycles. The number of halogens is 2. The first-order valence-corrected chi connectivity index (χ1v) is 9.10. The van der Waals surface area contributed by atoms with Crippen LogP contribution in [0.15, 0.2) is 9.59 Å². The SMILES string of the molecule is CCn1c(=O)n(C)c(=O)c2c(C(=O)[O-])c(Cn3c(C)nc(Cl)c3Cl)sc21.[Na+]. The van der Waals surface area contributed by atoms with Gasteiger partial charge in [0.1, 0.15) is 15.8 Å². The van der Waals surface area contributed by atoms with Gasteiger partial charge in [-0.15, -0.1) is 11.3 Å². The molecule has 0 radical (unpaired) electrons. The van der Waals surface area contributed by atoms with E-state index in [1.165, 1.54) is 16.2 Å². The van der Waals surface area contributed by atoms with Crippen LogP contribution in [0.5, 0.6) is 0 Å². The van der Waals surface area contributed by atoms with Crippen LogP contribution in [-0.2, 0) is 20.1 Å². The number of aromatic carboxylic acids is 1. The predicted molar refractivity (Wildman–Crippen MR) is 97.4 cm³/mol. The number of carbonyl (C=O) groups excluding carboxylic acids is 1. The fourth-order valence-electron chi connectivity index (χ4n) is 2.81. The van der Waals surface area contributed by atoms with Crippen molar-refractivity contribution in [3.05, 3.63) is 47.4 Å². The van der Waals surface area contributed by atoms with E-state index in [0.717, 1.165) is 15.9 Å². The third-order valence-corrected chi connectivity index (χ3v) is 6.06. The number of fused-ring (bicyclic) bond motifs is 1. The Morgan fingerprint density at radius 3 is 2.37 bits per heavy atom. The summed E-state index contributed by atoms with van der Waals surface area (Å²) in [5, 5.41) is 12.0. The van der Waals surface area contributed by atoms with Gasteiger partial charge in [0.25, 0.3) is 5.56 Å². The van der Waals surface area contributed by atoms with E-state index < -0.39 is 17.2 Å². The Hall–Kier alpha value is -1.10. The molecule has 0 bridgehead atoms. The summed E-state index contributed by atoms with van der Waals surface area (Å²) < 4.78 is 3.77. The first-order valence-electron chi connectivity index (χ1n) is 7.53.